The van der Waals surface area contributed by atoms with Crippen molar-refractivity contribution in [2.75, 3.05) is 6.61 Å². The lowest BCUT2D eigenvalue weighted by molar-refractivity contribution is 0.0944. The second-order valence-corrected chi connectivity index (χ2v) is 7.75. The molecule has 0 bridgehead atoms. The summed E-state index contributed by atoms with van der Waals surface area (Å²) in [6.45, 7) is 10.5. The van der Waals surface area contributed by atoms with Gasteiger partial charge in [-0.15, -0.1) is 0 Å². The van der Waals surface area contributed by atoms with E-state index in [1.807, 2.05) is 40.7 Å². The van der Waals surface area contributed by atoms with E-state index in [1.165, 1.54) is 4.68 Å². The fraction of sp³-hybridized carbons (Fsp3) is 0.417. The Labute approximate surface area is 182 Å². The summed E-state index contributed by atoms with van der Waals surface area (Å²) in [6.07, 6.45) is 3.77. The van der Waals surface area contributed by atoms with E-state index < -0.39 is 0 Å². The lowest BCUT2D eigenvalue weighted by atomic mass is 10.1. The zero-order chi connectivity index (χ0) is 22.5. The van der Waals surface area contributed by atoms with Gasteiger partial charge in [0.2, 0.25) is 0 Å². The molecule has 1 aromatic carbocycles. The quantitative estimate of drug-likeness (QED) is 0.583. The summed E-state index contributed by atoms with van der Waals surface area (Å²) < 4.78 is 7.23. The minimum Gasteiger partial charge on any atom is -0.493 e. The number of aromatic nitrogens is 4. The topological polar surface area (TPSA) is 89.9 Å². The Morgan fingerprint density at radius 2 is 1.94 bits per heavy atom. The normalized spacial score (nSPS) is 11.2. The molecule has 0 saturated heterocycles. The van der Waals surface area contributed by atoms with E-state index in [4.69, 9.17) is 9.72 Å². The molecular formula is C24H30N4O3. The Morgan fingerprint density at radius 1 is 1.16 bits per heavy atom. The molecule has 7 nitrogen and oxygen atoms in total. The number of ether oxygens (including phenoxy) is 1. The lowest BCUT2D eigenvalue weighted by Gasteiger charge is -2.14. The zero-order valence-corrected chi connectivity index (χ0v) is 18.9. The van der Waals surface area contributed by atoms with Gasteiger partial charge in [-0.1, -0.05) is 34.6 Å². The molecule has 0 aliphatic rings. The van der Waals surface area contributed by atoms with E-state index >= 15 is 0 Å². The highest BCUT2D eigenvalue weighted by Gasteiger charge is 2.18. The highest BCUT2D eigenvalue weighted by molar-refractivity contribution is 5.96. The molecular weight excluding hydrogens is 392 g/mol. The van der Waals surface area contributed by atoms with E-state index in [1.54, 1.807) is 24.4 Å². The number of carbonyl (C=O) groups excluding carboxylic acids is 1. The number of carbonyl (C=O) groups is 1. The van der Waals surface area contributed by atoms with Crippen LogP contribution in [-0.4, -0.2) is 32.3 Å². The minimum absolute atomic E-state index is 0.156. The molecule has 0 spiro atoms. The van der Waals surface area contributed by atoms with E-state index in [0.717, 1.165) is 17.8 Å². The average molecular weight is 423 g/mol. The van der Waals surface area contributed by atoms with Crippen molar-refractivity contribution in [1.29, 1.82) is 0 Å². The van der Waals surface area contributed by atoms with Crippen LogP contribution in [0.1, 0.15) is 74.3 Å². The van der Waals surface area contributed by atoms with Gasteiger partial charge in [0.25, 0.3) is 11.5 Å². The van der Waals surface area contributed by atoms with Crippen molar-refractivity contribution in [3.05, 3.63) is 63.3 Å². The maximum atomic E-state index is 13.0. The number of rotatable bonds is 8. The molecule has 3 aromatic rings. The van der Waals surface area contributed by atoms with Gasteiger partial charge in [0.05, 0.1) is 23.6 Å². The van der Waals surface area contributed by atoms with Crippen molar-refractivity contribution in [3.63, 3.8) is 0 Å². The second-order valence-electron chi connectivity index (χ2n) is 7.75. The van der Waals surface area contributed by atoms with Crippen molar-refractivity contribution in [2.45, 2.75) is 59.8 Å². The molecule has 0 fully saturated rings. The Kier molecular flexibility index (Phi) is 7.05. The monoisotopic (exact) mass is 422 g/mol. The van der Waals surface area contributed by atoms with Crippen LogP contribution in [0.3, 0.4) is 0 Å². The fourth-order valence-corrected chi connectivity index (χ4v) is 3.41. The molecule has 0 saturated carbocycles. The zero-order valence-electron chi connectivity index (χ0n) is 18.9. The third-order valence-corrected chi connectivity index (χ3v) is 5.14. The SMILES string of the molecule is CCCOc1ccc(C(=O)n2ccc(C(C)C)n2)cc1-c1nc(CC)c(CC)c(=O)[nH]1. The molecule has 7 heteroatoms. The van der Waals surface area contributed by atoms with E-state index in [9.17, 15) is 9.59 Å². The second kappa shape index (κ2) is 9.73. The van der Waals surface area contributed by atoms with Crippen LogP contribution in [0.2, 0.25) is 0 Å². The first-order valence-corrected chi connectivity index (χ1v) is 10.9. The maximum absolute atomic E-state index is 13.0. The number of hydrogen-bond acceptors (Lipinski definition) is 5. The summed E-state index contributed by atoms with van der Waals surface area (Å²) in [6, 6.07) is 7.03. The van der Waals surface area contributed by atoms with E-state index in [0.29, 0.717) is 47.7 Å². The summed E-state index contributed by atoms with van der Waals surface area (Å²) in [5, 5.41) is 4.39. The average Bonchev–Trinajstić information content (AvgIpc) is 3.27. The minimum atomic E-state index is -0.251. The molecule has 0 radical (unpaired) electrons. The van der Waals surface area contributed by atoms with Gasteiger partial charge < -0.3 is 9.72 Å². The molecule has 0 amide bonds. The van der Waals surface area contributed by atoms with Crippen LogP contribution < -0.4 is 10.3 Å². The first-order valence-electron chi connectivity index (χ1n) is 10.9. The molecule has 164 valence electrons. The van der Waals surface area contributed by atoms with Crippen LogP contribution in [0.4, 0.5) is 0 Å². The first-order chi connectivity index (χ1) is 14.9. The van der Waals surface area contributed by atoms with Crippen molar-refractivity contribution in [2.24, 2.45) is 0 Å². The number of nitrogens with zero attached hydrogens (tertiary/aromatic N) is 3. The standard InChI is InChI=1S/C24H30N4O3/c1-6-13-31-21-10-9-16(24(30)28-12-11-20(27-28)15(4)5)14-18(21)22-25-19(8-3)17(7-2)23(29)26-22/h9-12,14-15H,6-8,13H2,1-5H3,(H,25,26,29). The smallest absolute Gasteiger partial charge is 0.278 e. The third-order valence-electron chi connectivity index (χ3n) is 5.14. The highest BCUT2D eigenvalue weighted by Crippen LogP contribution is 2.29. The number of hydrogen-bond donors (Lipinski definition) is 1. The molecule has 2 aromatic heterocycles. The van der Waals surface area contributed by atoms with E-state index in [-0.39, 0.29) is 17.4 Å². The van der Waals surface area contributed by atoms with Gasteiger partial charge in [0.1, 0.15) is 11.6 Å². The molecule has 3 rings (SSSR count). The molecule has 0 atom stereocenters. The predicted octanol–water partition coefficient (Wildman–Crippen LogP) is 4.36. The summed E-state index contributed by atoms with van der Waals surface area (Å²) >= 11 is 0. The van der Waals surface area contributed by atoms with Gasteiger partial charge in [-0.25, -0.2) is 9.67 Å². The van der Waals surface area contributed by atoms with Crippen LogP contribution in [-0.2, 0) is 12.8 Å². The number of benzene rings is 1. The van der Waals surface area contributed by atoms with Crippen LogP contribution in [0.5, 0.6) is 5.75 Å². The van der Waals surface area contributed by atoms with Gasteiger partial charge in [0.15, 0.2) is 0 Å². The highest BCUT2D eigenvalue weighted by atomic mass is 16.5. The van der Waals surface area contributed by atoms with Crippen LogP contribution in [0.15, 0.2) is 35.3 Å². The Morgan fingerprint density at radius 3 is 2.55 bits per heavy atom. The summed E-state index contributed by atoms with van der Waals surface area (Å²) in [5.41, 5.74) is 3.17. The third kappa shape index (κ3) is 4.76. The molecule has 0 aliphatic heterocycles. The Hall–Kier alpha value is -3.22. The molecule has 31 heavy (non-hydrogen) atoms. The van der Waals surface area contributed by atoms with Crippen LogP contribution >= 0.6 is 0 Å². The van der Waals surface area contributed by atoms with Crippen molar-refractivity contribution < 1.29 is 9.53 Å². The fourth-order valence-electron chi connectivity index (χ4n) is 3.41. The number of H-pyrrole nitrogens is 1. The van der Waals surface area contributed by atoms with Gasteiger partial charge in [-0.3, -0.25) is 9.59 Å². The summed E-state index contributed by atoms with van der Waals surface area (Å²) in [5.74, 6) is 0.964. The Balaban J connectivity index is 2.10. The largest absolute Gasteiger partial charge is 0.493 e. The lowest BCUT2D eigenvalue weighted by Crippen LogP contribution is -2.18. The number of aryl methyl sites for hydroxylation is 1. The summed E-state index contributed by atoms with van der Waals surface area (Å²) in [4.78, 5) is 33.3. The van der Waals surface area contributed by atoms with Gasteiger partial charge in [0, 0.05) is 17.3 Å². The van der Waals surface area contributed by atoms with E-state index in [2.05, 4.69) is 10.1 Å². The first kappa shape index (κ1) is 22.5. The summed E-state index contributed by atoms with van der Waals surface area (Å²) in [7, 11) is 0. The molecule has 1 N–H and O–H groups in total. The van der Waals surface area contributed by atoms with Crippen LogP contribution in [0, 0.1) is 0 Å². The molecule has 0 unspecified atom stereocenters. The molecule has 0 aliphatic carbocycles. The predicted molar refractivity (Wildman–Crippen MR) is 121 cm³/mol. The van der Waals surface area contributed by atoms with Gasteiger partial charge in [-0.05, 0) is 49.4 Å². The maximum Gasteiger partial charge on any atom is 0.278 e. The van der Waals surface area contributed by atoms with Gasteiger partial charge in [-0.2, -0.15) is 5.10 Å². The van der Waals surface area contributed by atoms with Crippen molar-refractivity contribution >= 4 is 5.91 Å². The van der Waals surface area contributed by atoms with Crippen molar-refractivity contribution in [1.82, 2.24) is 19.7 Å². The Bertz CT molecular complexity index is 1130. The number of nitrogens with one attached hydrogen (secondary N) is 1. The van der Waals surface area contributed by atoms with Crippen molar-refractivity contribution in [3.8, 4) is 17.1 Å². The number of aromatic amines is 1. The van der Waals surface area contributed by atoms with Gasteiger partial charge >= 0.3 is 0 Å². The van der Waals surface area contributed by atoms with Crippen LogP contribution in [0.25, 0.3) is 11.4 Å². The molecule has 2 heterocycles.